The number of benzene rings is 2. The highest BCUT2D eigenvalue weighted by atomic mass is 16.5. The fraction of sp³-hybridized carbons (Fsp3) is 0.400. The van der Waals surface area contributed by atoms with E-state index in [4.69, 9.17) is 4.74 Å². The summed E-state index contributed by atoms with van der Waals surface area (Å²) >= 11 is 0. The standard InChI is InChI=1S/C25H34N4O5/c1-6-23(26-18(4)30)29(15-16(2)13-24(31)32)19-11-12-21(22(14-19)34-5)28-25(33)27-20-10-8-7-9-17(20)3/h7-12,14,16,23H,6,13,15H2,1-5H3,(H,26,30)(H,31,32)(H2,27,28,33). The average Bonchev–Trinajstić information content (AvgIpc) is 2.77. The Balaban J connectivity index is 2.29. The summed E-state index contributed by atoms with van der Waals surface area (Å²) in [6, 6.07) is 12.4. The van der Waals surface area contributed by atoms with Crippen molar-refractivity contribution in [2.24, 2.45) is 5.92 Å². The van der Waals surface area contributed by atoms with Gasteiger partial charge < -0.3 is 30.7 Å². The Hall–Kier alpha value is -3.75. The lowest BCUT2D eigenvalue weighted by Crippen LogP contribution is -2.49. The van der Waals surface area contributed by atoms with Crippen LogP contribution in [0.2, 0.25) is 0 Å². The number of amides is 3. The van der Waals surface area contributed by atoms with E-state index >= 15 is 0 Å². The minimum Gasteiger partial charge on any atom is -0.494 e. The number of anilines is 3. The van der Waals surface area contributed by atoms with Crippen molar-refractivity contribution >= 4 is 35.0 Å². The molecule has 0 heterocycles. The molecule has 2 aromatic carbocycles. The molecule has 184 valence electrons. The minimum absolute atomic E-state index is 0.00283. The van der Waals surface area contributed by atoms with Crippen LogP contribution in [0.5, 0.6) is 5.75 Å². The second-order valence-electron chi connectivity index (χ2n) is 8.26. The van der Waals surface area contributed by atoms with Crippen LogP contribution in [0.15, 0.2) is 42.5 Å². The Morgan fingerprint density at radius 1 is 1.09 bits per heavy atom. The highest BCUT2D eigenvalue weighted by Crippen LogP contribution is 2.32. The average molecular weight is 471 g/mol. The van der Waals surface area contributed by atoms with Crippen LogP contribution in [0.1, 0.15) is 39.2 Å². The van der Waals surface area contributed by atoms with Gasteiger partial charge in [0, 0.05) is 37.3 Å². The Bertz CT molecular complexity index is 1010. The number of urea groups is 1. The third kappa shape index (κ3) is 7.68. The van der Waals surface area contributed by atoms with Crippen molar-refractivity contribution in [3.05, 3.63) is 48.0 Å². The molecule has 2 rings (SSSR count). The van der Waals surface area contributed by atoms with E-state index in [0.717, 1.165) is 11.3 Å². The monoisotopic (exact) mass is 470 g/mol. The van der Waals surface area contributed by atoms with Crippen LogP contribution in [-0.2, 0) is 9.59 Å². The Morgan fingerprint density at radius 3 is 2.35 bits per heavy atom. The van der Waals surface area contributed by atoms with Gasteiger partial charge in [-0.2, -0.15) is 0 Å². The van der Waals surface area contributed by atoms with Gasteiger partial charge >= 0.3 is 12.0 Å². The highest BCUT2D eigenvalue weighted by Gasteiger charge is 2.23. The normalized spacial score (nSPS) is 12.3. The van der Waals surface area contributed by atoms with Gasteiger partial charge in [0.1, 0.15) is 11.9 Å². The fourth-order valence-electron chi connectivity index (χ4n) is 3.70. The van der Waals surface area contributed by atoms with E-state index in [9.17, 15) is 19.5 Å². The third-order valence-corrected chi connectivity index (χ3v) is 5.32. The smallest absolute Gasteiger partial charge is 0.323 e. The van der Waals surface area contributed by atoms with Crippen LogP contribution in [0.25, 0.3) is 0 Å². The Labute approximate surface area is 200 Å². The minimum atomic E-state index is -0.878. The van der Waals surface area contributed by atoms with Gasteiger partial charge in [0.2, 0.25) is 5.91 Å². The summed E-state index contributed by atoms with van der Waals surface area (Å²) in [5.41, 5.74) is 2.85. The lowest BCUT2D eigenvalue weighted by molar-refractivity contribution is -0.138. The summed E-state index contributed by atoms with van der Waals surface area (Å²) in [4.78, 5) is 37.5. The maximum atomic E-state index is 12.6. The number of nitrogens with one attached hydrogen (secondary N) is 3. The first-order valence-corrected chi connectivity index (χ1v) is 11.2. The number of rotatable bonds is 11. The van der Waals surface area contributed by atoms with E-state index in [-0.39, 0.29) is 24.4 Å². The molecule has 0 aliphatic rings. The van der Waals surface area contributed by atoms with Gasteiger partial charge in [0.05, 0.1) is 12.8 Å². The van der Waals surface area contributed by atoms with Crippen molar-refractivity contribution in [1.82, 2.24) is 5.32 Å². The zero-order valence-electron chi connectivity index (χ0n) is 20.3. The fourth-order valence-corrected chi connectivity index (χ4v) is 3.70. The van der Waals surface area contributed by atoms with E-state index in [1.54, 1.807) is 12.1 Å². The maximum absolute atomic E-state index is 12.6. The van der Waals surface area contributed by atoms with Gasteiger partial charge in [0.15, 0.2) is 0 Å². The molecule has 0 radical (unpaired) electrons. The second kappa shape index (κ2) is 12.5. The highest BCUT2D eigenvalue weighted by molar-refractivity contribution is 6.01. The van der Waals surface area contributed by atoms with Crippen molar-refractivity contribution < 1.29 is 24.2 Å². The molecule has 0 aromatic heterocycles. The number of carbonyl (C=O) groups excluding carboxylic acids is 2. The predicted molar refractivity (Wildman–Crippen MR) is 133 cm³/mol. The first-order valence-electron chi connectivity index (χ1n) is 11.2. The largest absolute Gasteiger partial charge is 0.494 e. The molecule has 0 saturated heterocycles. The molecular weight excluding hydrogens is 436 g/mol. The Kier molecular flexibility index (Phi) is 9.73. The number of carboxylic acids is 1. The van der Waals surface area contributed by atoms with E-state index in [1.807, 2.05) is 56.0 Å². The van der Waals surface area contributed by atoms with Crippen molar-refractivity contribution in [2.75, 3.05) is 29.2 Å². The Morgan fingerprint density at radius 2 is 1.76 bits per heavy atom. The molecule has 0 saturated carbocycles. The van der Waals surface area contributed by atoms with Gasteiger partial charge in [-0.05, 0) is 43.0 Å². The number of methoxy groups -OCH3 is 1. The molecule has 3 amide bonds. The van der Waals surface area contributed by atoms with E-state index < -0.39 is 12.0 Å². The number of nitrogens with zero attached hydrogens (tertiary/aromatic N) is 1. The molecule has 0 bridgehead atoms. The molecule has 2 unspecified atom stereocenters. The van der Waals surface area contributed by atoms with Gasteiger partial charge in [-0.25, -0.2) is 4.79 Å². The van der Waals surface area contributed by atoms with Crippen LogP contribution in [0.4, 0.5) is 21.9 Å². The predicted octanol–water partition coefficient (Wildman–Crippen LogP) is 4.44. The van der Waals surface area contributed by atoms with Crippen LogP contribution >= 0.6 is 0 Å². The van der Waals surface area contributed by atoms with E-state index in [1.165, 1.54) is 14.0 Å². The molecule has 4 N–H and O–H groups in total. The summed E-state index contributed by atoms with van der Waals surface area (Å²) in [6.07, 6.45) is 0.283. The first-order chi connectivity index (χ1) is 16.1. The van der Waals surface area contributed by atoms with Crippen molar-refractivity contribution in [2.45, 2.75) is 46.7 Å². The number of ether oxygens (including phenoxy) is 1. The number of carboxylic acid groups (broad SMARTS) is 1. The maximum Gasteiger partial charge on any atom is 0.323 e. The lowest BCUT2D eigenvalue weighted by atomic mass is 10.1. The molecule has 9 nitrogen and oxygen atoms in total. The van der Waals surface area contributed by atoms with Gasteiger partial charge in [-0.1, -0.05) is 32.0 Å². The molecule has 0 spiro atoms. The van der Waals surface area contributed by atoms with Crippen LogP contribution < -0.4 is 25.6 Å². The summed E-state index contributed by atoms with van der Waals surface area (Å²) in [7, 11) is 1.51. The van der Waals surface area contributed by atoms with Crippen LogP contribution in [0.3, 0.4) is 0 Å². The SMILES string of the molecule is CCC(NC(C)=O)N(CC(C)CC(=O)O)c1ccc(NC(=O)Nc2ccccc2C)c(OC)c1. The van der Waals surface area contributed by atoms with Crippen LogP contribution in [-0.4, -0.2) is 42.8 Å². The molecule has 0 fully saturated rings. The van der Waals surface area contributed by atoms with Crippen molar-refractivity contribution in [3.63, 3.8) is 0 Å². The zero-order valence-corrected chi connectivity index (χ0v) is 20.3. The van der Waals surface area contributed by atoms with Gasteiger partial charge in [-0.15, -0.1) is 0 Å². The number of carbonyl (C=O) groups is 3. The number of aryl methyl sites for hydroxylation is 1. The summed E-state index contributed by atoms with van der Waals surface area (Å²) in [5, 5.41) is 17.7. The van der Waals surface area contributed by atoms with Gasteiger partial charge in [0.25, 0.3) is 0 Å². The number of hydrogen-bond donors (Lipinski definition) is 4. The summed E-state index contributed by atoms with van der Waals surface area (Å²) in [6.45, 7) is 7.56. The molecule has 0 aliphatic heterocycles. The molecule has 0 aliphatic carbocycles. The van der Waals surface area contributed by atoms with Crippen molar-refractivity contribution in [3.8, 4) is 5.75 Å². The molecule has 2 aromatic rings. The van der Waals surface area contributed by atoms with E-state index in [0.29, 0.717) is 30.1 Å². The second-order valence-corrected chi connectivity index (χ2v) is 8.26. The number of hydrogen-bond acceptors (Lipinski definition) is 5. The third-order valence-electron chi connectivity index (χ3n) is 5.32. The zero-order chi connectivity index (χ0) is 25.3. The summed E-state index contributed by atoms with van der Waals surface area (Å²) < 4.78 is 5.52. The quantitative estimate of drug-likeness (QED) is 0.361. The van der Waals surface area contributed by atoms with Crippen molar-refractivity contribution in [1.29, 1.82) is 0 Å². The van der Waals surface area contributed by atoms with Crippen LogP contribution in [0, 0.1) is 12.8 Å². The lowest BCUT2D eigenvalue weighted by Gasteiger charge is -2.35. The molecule has 2 atom stereocenters. The topological polar surface area (TPSA) is 120 Å². The van der Waals surface area contributed by atoms with Gasteiger partial charge in [-0.3, -0.25) is 9.59 Å². The number of aliphatic carboxylic acids is 1. The summed E-state index contributed by atoms with van der Waals surface area (Å²) in [5.74, 6) is -0.785. The molecule has 34 heavy (non-hydrogen) atoms. The number of para-hydroxylation sites is 1. The molecular formula is C25H34N4O5. The van der Waals surface area contributed by atoms with E-state index in [2.05, 4.69) is 16.0 Å². The first kappa shape index (κ1) is 26.5. The molecule has 9 heteroatoms.